The Labute approximate surface area is 184 Å². The Hall–Kier alpha value is -2.14. The zero-order chi connectivity index (χ0) is 20.6. The number of para-hydroxylation sites is 1. The molecular formula is C26H32N2OS. The Balaban J connectivity index is 1.40. The molecule has 3 nitrogen and oxygen atoms in total. The standard InChI is InChI=1S/C26H32N2OS/c1-27-16-13-25(26-12-7-19-30-26)29-24-11-6-5-10-23(24)20-28-17-14-22(15-18-28)21-8-3-2-4-9-21/h2-12,19,22,25,27H,13-18,20H2,1H3. The summed E-state index contributed by atoms with van der Waals surface area (Å²) in [6.45, 7) is 4.18. The third-order valence-corrected chi connectivity index (χ3v) is 6.98. The van der Waals surface area contributed by atoms with Crippen LogP contribution in [0.3, 0.4) is 0 Å². The molecule has 0 amide bonds. The molecule has 1 aromatic heterocycles. The van der Waals surface area contributed by atoms with Gasteiger partial charge in [-0.25, -0.2) is 0 Å². The maximum atomic E-state index is 6.57. The van der Waals surface area contributed by atoms with E-state index in [-0.39, 0.29) is 6.10 Å². The smallest absolute Gasteiger partial charge is 0.134 e. The second-order valence-electron chi connectivity index (χ2n) is 8.08. The summed E-state index contributed by atoms with van der Waals surface area (Å²) in [6, 6.07) is 23.8. The van der Waals surface area contributed by atoms with Crippen LogP contribution in [0.5, 0.6) is 5.75 Å². The number of nitrogens with zero attached hydrogens (tertiary/aromatic N) is 1. The Morgan fingerprint density at radius 3 is 2.50 bits per heavy atom. The van der Waals surface area contributed by atoms with Crippen LogP contribution in [-0.4, -0.2) is 31.6 Å². The Morgan fingerprint density at radius 1 is 1.00 bits per heavy atom. The molecule has 1 aliphatic rings. The van der Waals surface area contributed by atoms with Crippen molar-refractivity contribution in [3.8, 4) is 5.75 Å². The molecule has 1 fully saturated rings. The first-order chi connectivity index (χ1) is 14.8. The van der Waals surface area contributed by atoms with Crippen molar-refractivity contribution in [3.05, 3.63) is 88.1 Å². The normalized spacial score (nSPS) is 16.4. The number of benzene rings is 2. The number of nitrogens with one attached hydrogen (secondary N) is 1. The van der Waals surface area contributed by atoms with Gasteiger partial charge in [0.05, 0.1) is 0 Å². The fourth-order valence-electron chi connectivity index (χ4n) is 4.30. The van der Waals surface area contributed by atoms with E-state index in [2.05, 4.69) is 82.3 Å². The highest BCUT2D eigenvalue weighted by molar-refractivity contribution is 7.10. The van der Waals surface area contributed by atoms with E-state index >= 15 is 0 Å². The molecule has 0 radical (unpaired) electrons. The lowest BCUT2D eigenvalue weighted by Crippen LogP contribution is -2.32. The van der Waals surface area contributed by atoms with Crippen LogP contribution in [0.15, 0.2) is 72.1 Å². The number of hydrogen-bond donors (Lipinski definition) is 1. The summed E-state index contributed by atoms with van der Waals surface area (Å²) in [7, 11) is 2.00. The van der Waals surface area contributed by atoms with Crippen LogP contribution in [-0.2, 0) is 6.54 Å². The average molecular weight is 421 g/mol. The molecule has 2 heterocycles. The van der Waals surface area contributed by atoms with Gasteiger partial charge < -0.3 is 10.1 Å². The van der Waals surface area contributed by atoms with Gasteiger partial charge in [-0.3, -0.25) is 4.90 Å². The zero-order valence-corrected chi connectivity index (χ0v) is 18.6. The van der Waals surface area contributed by atoms with Gasteiger partial charge in [-0.15, -0.1) is 11.3 Å². The van der Waals surface area contributed by atoms with Crippen LogP contribution in [0.1, 0.15) is 47.3 Å². The number of likely N-dealkylation sites (tertiary alicyclic amines) is 1. The first-order valence-electron chi connectivity index (χ1n) is 11.0. The van der Waals surface area contributed by atoms with Gasteiger partial charge in [0, 0.05) is 23.4 Å². The Bertz CT molecular complexity index is 873. The van der Waals surface area contributed by atoms with Gasteiger partial charge in [-0.1, -0.05) is 54.6 Å². The van der Waals surface area contributed by atoms with Crippen molar-refractivity contribution >= 4 is 11.3 Å². The topological polar surface area (TPSA) is 24.5 Å². The molecule has 1 aliphatic heterocycles. The van der Waals surface area contributed by atoms with E-state index in [1.165, 1.54) is 28.8 Å². The van der Waals surface area contributed by atoms with E-state index in [4.69, 9.17) is 4.74 Å². The van der Waals surface area contributed by atoms with Crippen LogP contribution in [0.4, 0.5) is 0 Å². The Kier molecular flexibility index (Phi) is 7.57. The van der Waals surface area contributed by atoms with E-state index in [0.717, 1.165) is 38.3 Å². The number of ether oxygens (including phenoxy) is 1. The monoisotopic (exact) mass is 420 g/mol. The van der Waals surface area contributed by atoms with Crippen molar-refractivity contribution < 1.29 is 4.74 Å². The first-order valence-corrected chi connectivity index (χ1v) is 11.9. The molecule has 3 aromatic rings. The van der Waals surface area contributed by atoms with Crippen molar-refractivity contribution in [2.24, 2.45) is 0 Å². The summed E-state index contributed by atoms with van der Waals surface area (Å²) in [4.78, 5) is 3.87. The molecule has 4 heteroatoms. The number of piperidine rings is 1. The van der Waals surface area contributed by atoms with E-state index in [9.17, 15) is 0 Å². The minimum atomic E-state index is 0.0995. The lowest BCUT2D eigenvalue weighted by molar-refractivity contribution is 0.181. The van der Waals surface area contributed by atoms with Crippen LogP contribution in [0.2, 0.25) is 0 Å². The fourth-order valence-corrected chi connectivity index (χ4v) is 5.09. The van der Waals surface area contributed by atoms with Gasteiger partial charge >= 0.3 is 0 Å². The van der Waals surface area contributed by atoms with Gasteiger partial charge in [0.1, 0.15) is 11.9 Å². The molecule has 1 unspecified atom stereocenters. The van der Waals surface area contributed by atoms with Crippen molar-refractivity contribution in [1.82, 2.24) is 10.2 Å². The minimum Gasteiger partial charge on any atom is -0.485 e. The fraction of sp³-hybridized carbons (Fsp3) is 0.385. The molecule has 0 saturated carbocycles. The molecule has 0 spiro atoms. The highest BCUT2D eigenvalue weighted by atomic mass is 32.1. The van der Waals surface area contributed by atoms with E-state index < -0.39 is 0 Å². The van der Waals surface area contributed by atoms with Crippen molar-refractivity contribution in [2.75, 3.05) is 26.7 Å². The summed E-state index contributed by atoms with van der Waals surface area (Å²) in [5, 5.41) is 5.39. The summed E-state index contributed by atoms with van der Waals surface area (Å²) >= 11 is 1.78. The molecule has 158 valence electrons. The van der Waals surface area contributed by atoms with Gasteiger partial charge in [0.15, 0.2) is 0 Å². The highest BCUT2D eigenvalue weighted by Gasteiger charge is 2.22. The summed E-state index contributed by atoms with van der Waals surface area (Å²) in [6.07, 6.45) is 3.52. The molecule has 1 atom stereocenters. The second-order valence-corrected chi connectivity index (χ2v) is 9.06. The quantitative estimate of drug-likeness (QED) is 0.469. The molecule has 1 N–H and O–H groups in total. The van der Waals surface area contributed by atoms with Crippen LogP contribution < -0.4 is 10.1 Å². The van der Waals surface area contributed by atoms with Gasteiger partial charge in [-0.05, 0) is 68.5 Å². The van der Waals surface area contributed by atoms with Gasteiger partial charge in [0.25, 0.3) is 0 Å². The highest BCUT2D eigenvalue weighted by Crippen LogP contribution is 2.32. The molecule has 2 aromatic carbocycles. The summed E-state index contributed by atoms with van der Waals surface area (Å²) in [5.74, 6) is 1.72. The largest absolute Gasteiger partial charge is 0.485 e. The van der Waals surface area contributed by atoms with Crippen molar-refractivity contribution in [1.29, 1.82) is 0 Å². The molecule has 30 heavy (non-hydrogen) atoms. The second kappa shape index (κ2) is 10.8. The van der Waals surface area contributed by atoms with Crippen LogP contribution in [0.25, 0.3) is 0 Å². The molecule has 0 bridgehead atoms. The molecule has 4 rings (SSSR count). The summed E-state index contributed by atoms with van der Waals surface area (Å²) < 4.78 is 6.57. The zero-order valence-electron chi connectivity index (χ0n) is 17.8. The SMILES string of the molecule is CNCCC(Oc1ccccc1CN1CCC(c2ccccc2)CC1)c1cccs1. The number of rotatable bonds is 9. The summed E-state index contributed by atoms with van der Waals surface area (Å²) in [5.41, 5.74) is 2.78. The number of thiophene rings is 1. The lowest BCUT2D eigenvalue weighted by atomic mass is 9.89. The lowest BCUT2D eigenvalue weighted by Gasteiger charge is -2.32. The first kappa shape index (κ1) is 21.1. The third kappa shape index (κ3) is 5.51. The van der Waals surface area contributed by atoms with E-state index in [0.29, 0.717) is 5.92 Å². The predicted octanol–water partition coefficient (Wildman–Crippen LogP) is 5.86. The number of hydrogen-bond acceptors (Lipinski definition) is 4. The van der Waals surface area contributed by atoms with Gasteiger partial charge in [0.2, 0.25) is 0 Å². The van der Waals surface area contributed by atoms with Crippen LogP contribution >= 0.6 is 11.3 Å². The van der Waals surface area contributed by atoms with E-state index in [1.807, 2.05) is 7.05 Å². The third-order valence-electron chi connectivity index (χ3n) is 6.01. The molecular weight excluding hydrogens is 388 g/mol. The molecule has 0 aliphatic carbocycles. The maximum absolute atomic E-state index is 6.57. The van der Waals surface area contributed by atoms with E-state index in [1.54, 1.807) is 11.3 Å². The minimum absolute atomic E-state index is 0.0995. The van der Waals surface area contributed by atoms with Crippen molar-refractivity contribution in [3.63, 3.8) is 0 Å². The predicted molar refractivity (Wildman–Crippen MR) is 126 cm³/mol. The molecule has 1 saturated heterocycles. The van der Waals surface area contributed by atoms with Gasteiger partial charge in [-0.2, -0.15) is 0 Å². The average Bonchev–Trinajstić information content (AvgIpc) is 3.34. The Morgan fingerprint density at radius 2 is 1.77 bits per heavy atom. The van der Waals surface area contributed by atoms with Crippen LogP contribution in [0, 0.1) is 0 Å². The van der Waals surface area contributed by atoms with Crippen molar-refractivity contribution in [2.45, 2.75) is 37.8 Å². The maximum Gasteiger partial charge on any atom is 0.134 e.